The van der Waals surface area contributed by atoms with E-state index < -0.39 is 5.60 Å². The molecule has 0 aromatic heterocycles. The zero-order valence-corrected chi connectivity index (χ0v) is 14.2. The van der Waals surface area contributed by atoms with Crippen molar-refractivity contribution < 1.29 is 14.3 Å². The third-order valence-electron chi connectivity index (χ3n) is 4.29. The van der Waals surface area contributed by atoms with Crippen LogP contribution in [0.4, 0.5) is 4.79 Å². The Bertz CT molecular complexity index is 453. The zero-order valence-electron chi connectivity index (χ0n) is 14.2. The summed E-state index contributed by atoms with van der Waals surface area (Å²) in [7, 11) is 1.76. The molecule has 2 rings (SSSR count). The van der Waals surface area contributed by atoms with Gasteiger partial charge in [-0.2, -0.15) is 0 Å². The van der Waals surface area contributed by atoms with Crippen molar-refractivity contribution in [3.05, 3.63) is 12.2 Å². The highest BCUT2D eigenvalue weighted by Gasteiger charge is 2.33. The number of rotatable bonds is 3. The summed E-state index contributed by atoms with van der Waals surface area (Å²) >= 11 is 0. The van der Waals surface area contributed by atoms with Gasteiger partial charge in [0.2, 0.25) is 5.91 Å². The van der Waals surface area contributed by atoms with Crippen LogP contribution in [0.2, 0.25) is 0 Å². The van der Waals surface area contributed by atoms with Crippen molar-refractivity contribution >= 4 is 12.0 Å². The molecule has 0 aromatic rings. The maximum Gasteiger partial charge on any atom is 0.410 e. The number of carbonyl (C=O) groups is 2. The molecule has 0 radical (unpaired) electrons. The van der Waals surface area contributed by atoms with Crippen molar-refractivity contribution in [3.8, 4) is 0 Å². The summed E-state index contributed by atoms with van der Waals surface area (Å²) in [5.74, 6) is 0.603. The molecule has 2 unspecified atom stereocenters. The van der Waals surface area contributed by atoms with E-state index in [0.29, 0.717) is 18.9 Å². The Morgan fingerprint density at radius 1 is 1.32 bits per heavy atom. The van der Waals surface area contributed by atoms with Gasteiger partial charge in [0.15, 0.2) is 0 Å². The van der Waals surface area contributed by atoms with Gasteiger partial charge in [0.25, 0.3) is 0 Å². The minimum atomic E-state index is -0.492. The van der Waals surface area contributed by atoms with E-state index in [1.165, 1.54) is 0 Å². The number of amides is 2. The van der Waals surface area contributed by atoms with Gasteiger partial charge >= 0.3 is 6.09 Å². The number of hydrogen-bond donors (Lipinski definition) is 0. The first-order chi connectivity index (χ1) is 10.3. The summed E-state index contributed by atoms with van der Waals surface area (Å²) in [5, 5.41) is 0. The molecule has 1 heterocycles. The Kier molecular flexibility index (Phi) is 5.14. The van der Waals surface area contributed by atoms with Gasteiger partial charge in [0.05, 0.1) is 6.04 Å². The lowest BCUT2D eigenvalue weighted by atomic mass is 10.0. The summed E-state index contributed by atoms with van der Waals surface area (Å²) in [6.45, 7) is 6.92. The van der Waals surface area contributed by atoms with Crippen molar-refractivity contribution in [3.63, 3.8) is 0 Å². The molecule has 1 aliphatic carbocycles. The zero-order chi connectivity index (χ0) is 16.3. The van der Waals surface area contributed by atoms with E-state index in [1.54, 1.807) is 11.9 Å². The van der Waals surface area contributed by atoms with Crippen molar-refractivity contribution in [2.24, 2.45) is 5.92 Å². The van der Waals surface area contributed by atoms with E-state index in [2.05, 4.69) is 12.2 Å². The third kappa shape index (κ3) is 4.49. The molecular weight excluding hydrogens is 280 g/mol. The number of hydrogen-bond acceptors (Lipinski definition) is 3. The maximum atomic E-state index is 12.3. The molecule has 0 spiro atoms. The van der Waals surface area contributed by atoms with Gasteiger partial charge in [0, 0.05) is 26.6 Å². The molecule has 1 fully saturated rings. The largest absolute Gasteiger partial charge is 0.444 e. The van der Waals surface area contributed by atoms with Crippen LogP contribution >= 0.6 is 0 Å². The van der Waals surface area contributed by atoms with Crippen LogP contribution in [0, 0.1) is 5.92 Å². The molecule has 1 saturated heterocycles. The van der Waals surface area contributed by atoms with Crippen LogP contribution in [-0.4, -0.2) is 53.6 Å². The molecule has 0 bridgehead atoms. The molecule has 5 nitrogen and oxygen atoms in total. The SMILES string of the molecule is CN(C(=O)OC(C)(C)C)C1CCN(C(=O)CC2C=CCC2)C1. The molecule has 2 aliphatic rings. The van der Waals surface area contributed by atoms with Crippen LogP contribution in [0.25, 0.3) is 0 Å². The number of likely N-dealkylation sites (N-methyl/N-ethyl adjacent to an activating group) is 1. The first-order valence-electron chi connectivity index (χ1n) is 8.16. The first kappa shape index (κ1) is 16.8. The quantitative estimate of drug-likeness (QED) is 0.753. The standard InChI is InChI=1S/C17H28N2O3/c1-17(2,3)22-16(21)18(4)14-9-10-19(12-14)15(20)11-13-7-5-6-8-13/h5,7,13-14H,6,8-12H2,1-4H3. The van der Waals surface area contributed by atoms with Crippen molar-refractivity contribution in [2.75, 3.05) is 20.1 Å². The number of carbonyl (C=O) groups excluding carboxylic acids is 2. The number of nitrogens with zero attached hydrogens (tertiary/aromatic N) is 2. The fourth-order valence-electron chi connectivity index (χ4n) is 2.99. The second-order valence-corrected chi connectivity index (χ2v) is 7.34. The smallest absolute Gasteiger partial charge is 0.410 e. The minimum absolute atomic E-state index is 0.0536. The molecule has 2 atom stereocenters. The van der Waals surface area contributed by atoms with Crippen LogP contribution in [-0.2, 0) is 9.53 Å². The Labute approximate surface area is 133 Å². The molecule has 22 heavy (non-hydrogen) atoms. The van der Waals surface area contributed by atoms with Crippen molar-refractivity contribution in [2.45, 2.75) is 58.1 Å². The lowest BCUT2D eigenvalue weighted by Gasteiger charge is -2.28. The first-order valence-corrected chi connectivity index (χ1v) is 8.16. The molecule has 124 valence electrons. The monoisotopic (exact) mass is 308 g/mol. The maximum absolute atomic E-state index is 12.3. The third-order valence-corrected chi connectivity index (χ3v) is 4.29. The van der Waals surface area contributed by atoms with Crippen LogP contribution in [0.1, 0.15) is 46.5 Å². The fourth-order valence-corrected chi connectivity index (χ4v) is 2.99. The van der Waals surface area contributed by atoms with E-state index in [1.807, 2.05) is 25.7 Å². The summed E-state index contributed by atoms with van der Waals surface area (Å²) < 4.78 is 5.39. The lowest BCUT2D eigenvalue weighted by molar-refractivity contribution is -0.131. The lowest BCUT2D eigenvalue weighted by Crippen LogP contribution is -2.42. The van der Waals surface area contributed by atoms with Gasteiger partial charge in [-0.3, -0.25) is 4.79 Å². The van der Waals surface area contributed by atoms with Crippen molar-refractivity contribution in [1.82, 2.24) is 9.80 Å². The molecule has 2 amide bonds. The van der Waals surface area contributed by atoms with Gasteiger partial charge in [-0.25, -0.2) is 4.79 Å². The van der Waals surface area contributed by atoms with E-state index in [9.17, 15) is 9.59 Å². The van der Waals surface area contributed by atoms with Crippen molar-refractivity contribution in [1.29, 1.82) is 0 Å². The number of allylic oxidation sites excluding steroid dienone is 2. The highest BCUT2D eigenvalue weighted by atomic mass is 16.6. The fraction of sp³-hybridized carbons (Fsp3) is 0.765. The minimum Gasteiger partial charge on any atom is -0.444 e. The molecular formula is C17H28N2O3. The Balaban J connectivity index is 1.82. The molecule has 5 heteroatoms. The number of ether oxygens (including phenoxy) is 1. The van der Waals surface area contributed by atoms with Gasteiger partial charge < -0.3 is 14.5 Å². The van der Waals surface area contributed by atoms with E-state index in [4.69, 9.17) is 4.74 Å². The predicted molar refractivity (Wildman–Crippen MR) is 85.5 cm³/mol. The summed E-state index contributed by atoms with van der Waals surface area (Å²) in [4.78, 5) is 27.9. The van der Waals surface area contributed by atoms with Crippen LogP contribution < -0.4 is 0 Å². The van der Waals surface area contributed by atoms with Crippen LogP contribution in [0.3, 0.4) is 0 Å². The summed E-state index contributed by atoms with van der Waals surface area (Å²) in [6, 6.07) is 0.0536. The molecule has 0 N–H and O–H groups in total. The Hall–Kier alpha value is -1.52. The highest BCUT2D eigenvalue weighted by Crippen LogP contribution is 2.24. The Morgan fingerprint density at radius 2 is 2.05 bits per heavy atom. The van der Waals surface area contributed by atoms with E-state index >= 15 is 0 Å². The van der Waals surface area contributed by atoms with Gasteiger partial charge in [-0.05, 0) is 46.0 Å². The average Bonchev–Trinajstić information content (AvgIpc) is 3.06. The van der Waals surface area contributed by atoms with E-state index in [0.717, 1.165) is 25.8 Å². The molecule has 0 aromatic carbocycles. The topological polar surface area (TPSA) is 49.9 Å². The normalized spacial score (nSPS) is 24.6. The number of likely N-dealkylation sites (tertiary alicyclic amines) is 1. The van der Waals surface area contributed by atoms with Crippen LogP contribution in [0.15, 0.2) is 12.2 Å². The second kappa shape index (κ2) is 6.71. The van der Waals surface area contributed by atoms with Crippen LogP contribution in [0.5, 0.6) is 0 Å². The predicted octanol–water partition coefficient (Wildman–Crippen LogP) is 2.81. The molecule has 0 saturated carbocycles. The second-order valence-electron chi connectivity index (χ2n) is 7.34. The van der Waals surface area contributed by atoms with E-state index in [-0.39, 0.29) is 18.0 Å². The van der Waals surface area contributed by atoms with Gasteiger partial charge in [-0.1, -0.05) is 12.2 Å². The highest BCUT2D eigenvalue weighted by molar-refractivity contribution is 5.77. The average molecular weight is 308 g/mol. The molecule has 1 aliphatic heterocycles. The van der Waals surface area contributed by atoms with Gasteiger partial charge in [0.1, 0.15) is 5.60 Å². The Morgan fingerprint density at radius 3 is 2.64 bits per heavy atom. The summed E-state index contributed by atoms with van der Waals surface area (Å²) in [5.41, 5.74) is -0.492. The summed E-state index contributed by atoms with van der Waals surface area (Å²) in [6.07, 6.45) is 7.58. The van der Waals surface area contributed by atoms with Gasteiger partial charge in [-0.15, -0.1) is 0 Å².